The van der Waals surface area contributed by atoms with Gasteiger partial charge in [0.1, 0.15) is 4.90 Å². The molecule has 0 saturated carbocycles. The molecule has 0 atom stereocenters. The number of carbonyl (C=O) groups excluding carboxylic acids is 1. The number of carbonyl (C=O) groups is 1. The molecule has 0 aliphatic rings. The summed E-state index contributed by atoms with van der Waals surface area (Å²) < 4.78 is 32.5. The SMILES string of the molecule is COC(=O)c1ccc(Cl)c(S(=O)(=O)NCc2cccc3ccccc23)c1. The molecule has 0 aliphatic carbocycles. The average Bonchev–Trinajstić information content (AvgIpc) is 2.66. The quantitative estimate of drug-likeness (QED) is 0.674. The van der Waals surface area contributed by atoms with E-state index in [0.29, 0.717) is 0 Å². The third-order valence-electron chi connectivity index (χ3n) is 3.97. The molecule has 3 rings (SSSR count). The maximum absolute atomic E-state index is 12.7. The van der Waals surface area contributed by atoms with Crippen molar-refractivity contribution in [3.05, 3.63) is 76.8 Å². The molecule has 1 N–H and O–H groups in total. The number of methoxy groups -OCH3 is 1. The van der Waals surface area contributed by atoms with Crippen LogP contribution in [0.3, 0.4) is 0 Å². The molecule has 3 aromatic carbocycles. The standard InChI is InChI=1S/C19H16ClNO4S/c1-25-19(22)14-9-10-17(20)18(11-14)26(23,24)21-12-15-7-4-6-13-5-2-3-8-16(13)15/h2-11,21H,12H2,1H3. The van der Waals surface area contributed by atoms with Crippen LogP contribution in [0.2, 0.25) is 5.02 Å². The van der Waals surface area contributed by atoms with E-state index < -0.39 is 16.0 Å². The van der Waals surface area contributed by atoms with Crippen LogP contribution >= 0.6 is 11.6 Å². The fourth-order valence-electron chi connectivity index (χ4n) is 2.65. The molecule has 0 saturated heterocycles. The molecule has 0 unspecified atom stereocenters. The normalized spacial score (nSPS) is 11.5. The molecular weight excluding hydrogens is 374 g/mol. The highest BCUT2D eigenvalue weighted by molar-refractivity contribution is 7.89. The summed E-state index contributed by atoms with van der Waals surface area (Å²) in [6, 6.07) is 17.4. The van der Waals surface area contributed by atoms with Gasteiger partial charge in [0.15, 0.2) is 0 Å². The van der Waals surface area contributed by atoms with E-state index >= 15 is 0 Å². The minimum atomic E-state index is -3.91. The molecule has 0 radical (unpaired) electrons. The van der Waals surface area contributed by atoms with Gasteiger partial charge in [-0.2, -0.15) is 0 Å². The van der Waals surface area contributed by atoms with Gasteiger partial charge in [0.25, 0.3) is 0 Å². The Hall–Kier alpha value is -2.41. The number of hydrogen-bond donors (Lipinski definition) is 1. The summed E-state index contributed by atoms with van der Waals surface area (Å²) in [6.07, 6.45) is 0. The number of benzene rings is 3. The van der Waals surface area contributed by atoms with Crippen LogP contribution in [0, 0.1) is 0 Å². The molecule has 134 valence electrons. The fourth-order valence-corrected chi connectivity index (χ4v) is 4.18. The first-order chi connectivity index (χ1) is 12.4. The largest absolute Gasteiger partial charge is 0.465 e. The van der Waals surface area contributed by atoms with Crippen LogP contribution in [0.25, 0.3) is 10.8 Å². The van der Waals surface area contributed by atoms with E-state index in [1.165, 1.54) is 25.3 Å². The van der Waals surface area contributed by atoms with Crippen molar-refractivity contribution < 1.29 is 17.9 Å². The van der Waals surface area contributed by atoms with Gasteiger partial charge in [-0.15, -0.1) is 0 Å². The Kier molecular flexibility index (Phi) is 5.27. The van der Waals surface area contributed by atoms with Crippen LogP contribution in [0.1, 0.15) is 15.9 Å². The molecule has 0 fully saturated rings. The third kappa shape index (κ3) is 3.72. The molecule has 0 bridgehead atoms. The van der Waals surface area contributed by atoms with Crippen LogP contribution in [-0.2, 0) is 21.3 Å². The maximum atomic E-state index is 12.7. The topological polar surface area (TPSA) is 72.5 Å². The summed E-state index contributed by atoms with van der Waals surface area (Å²) in [7, 11) is -2.69. The number of hydrogen-bond acceptors (Lipinski definition) is 4. The van der Waals surface area contributed by atoms with Crippen LogP contribution in [-0.4, -0.2) is 21.5 Å². The van der Waals surface area contributed by atoms with Crippen LogP contribution in [0.5, 0.6) is 0 Å². The monoisotopic (exact) mass is 389 g/mol. The van der Waals surface area contributed by atoms with Gasteiger partial charge in [-0.3, -0.25) is 0 Å². The van der Waals surface area contributed by atoms with Gasteiger partial charge in [0.05, 0.1) is 17.7 Å². The zero-order valence-electron chi connectivity index (χ0n) is 13.9. The van der Waals surface area contributed by atoms with Crippen molar-refractivity contribution in [2.75, 3.05) is 7.11 Å². The van der Waals surface area contributed by atoms with Crippen LogP contribution in [0.4, 0.5) is 0 Å². The predicted molar refractivity (Wildman–Crippen MR) is 101 cm³/mol. The summed E-state index contributed by atoms with van der Waals surface area (Å²) in [4.78, 5) is 11.5. The lowest BCUT2D eigenvalue weighted by Crippen LogP contribution is -2.24. The Morgan fingerprint density at radius 1 is 1.08 bits per heavy atom. The Labute approximate surface area is 156 Å². The van der Waals surface area contributed by atoms with Gasteiger partial charge in [0, 0.05) is 6.54 Å². The van der Waals surface area contributed by atoms with Crippen molar-refractivity contribution in [1.82, 2.24) is 4.72 Å². The van der Waals surface area contributed by atoms with Crippen LogP contribution < -0.4 is 4.72 Å². The van der Waals surface area contributed by atoms with Gasteiger partial charge in [-0.05, 0) is 34.5 Å². The van der Waals surface area contributed by atoms with Gasteiger partial charge in [-0.1, -0.05) is 54.1 Å². The number of sulfonamides is 1. The van der Waals surface area contributed by atoms with E-state index in [2.05, 4.69) is 9.46 Å². The van der Waals surface area contributed by atoms with Crippen molar-refractivity contribution >= 4 is 38.4 Å². The summed E-state index contributed by atoms with van der Waals surface area (Å²) in [5.74, 6) is -0.632. The summed E-state index contributed by atoms with van der Waals surface area (Å²) >= 11 is 6.03. The second kappa shape index (κ2) is 7.45. The molecule has 0 spiro atoms. The van der Waals surface area contributed by atoms with Crippen LogP contribution in [0.15, 0.2) is 65.6 Å². The molecule has 3 aromatic rings. The second-order valence-electron chi connectivity index (χ2n) is 5.60. The first-order valence-corrected chi connectivity index (χ1v) is 9.62. The van der Waals surface area contributed by atoms with E-state index in [9.17, 15) is 13.2 Å². The maximum Gasteiger partial charge on any atom is 0.337 e. The first-order valence-electron chi connectivity index (χ1n) is 7.76. The average molecular weight is 390 g/mol. The van der Waals surface area contributed by atoms with E-state index in [-0.39, 0.29) is 22.0 Å². The number of ether oxygens (including phenoxy) is 1. The van der Waals surface area contributed by atoms with Crippen molar-refractivity contribution in [2.45, 2.75) is 11.4 Å². The minimum absolute atomic E-state index is 0.0306. The van der Waals surface area contributed by atoms with E-state index in [1.807, 2.05) is 42.5 Å². The molecule has 26 heavy (non-hydrogen) atoms. The van der Waals surface area contributed by atoms with Gasteiger partial charge >= 0.3 is 5.97 Å². The predicted octanol–water partition coefficient (Wildman–Crippen LogP) is 3.76. The lowest BCUT2D eigenvalue weighted by Gasteiger charge is -2.11. The van der Waals surface area contributed by atoms with Crippen molar-refractivity contribution in [3.8, 4) is 0 Å². The molecule has 5 nitrogen and oxygen atoms in total. The number of halogens is 1. The summed E-state index contributed by atoms with van der Waals surface area (Å²) in [5.41, 5.74) is 0.953. The van der Waals surface area contributed by atoms with Crippen molar-refractivity contribution in [2.24, 2.45) is 0 Å². The molecule has 0 aliphatic heterocycles. The zero-order chi connectivity index (χ0) is 18.7. The highest BCUT2D eigenvalue weighted by Gasteiger charge is 2.20. The van der Waals surface area contributed by atoms with Crippen molar-refractivity contribution in [3.63, 3.8) is 0 Å². The zero-order valence-corrected chi connectivity index (χ0v) is 15.5. The smallest absolute Gasteiger partial charge is 0.337 e. The second-order valence-corrected chi connectivity index (χ2v) is 7.74. The highest BCUT2D eigenvalue weighted by Crippen LogP contribution is 2.24. The fraction of sp³-hybridized carbons (Fsp3) is 0.105. The van der Waals surface area contributed by atoms with Crippen molar-refractivity contribution in [1.29, 1.82) is 0 Å². The third-order valence-corrected chi connectivity index (χ3v) is 5.86. The summed E-state index contributed by atoms with van der Waals surface area (Å²) in [6.45, 7) is 0.0997. The Bertz CT molecular complexity index is 1070. The number of nitrogens with one attached hydrogen (secondary N) is 1. The van der Waals surface area contributed by atoms with Gasteiger partial charge < -0.3 is 4.74 Å². The van der Waals surface area contributed by atoms with E-state index in [1.54, 1.807) is 0 Å². The Morgan fingerprint density at radius 3 is 2.58 bits per heavy atom. The molecule has 0 amide bonds. The lowest BCUT2D eigenvalue weighted by atomic mass is 10.1. The Balaban J connectivity index is 1.91. The van der Waals surface area contributed by atoms with E-state index in [4.69, 9.17) is 11.6 Å². The summed E-state index contributed by atoms with van der Waals surface area (Å²) in [5, 5.41) is 2.02. The van der Waals surface area contributed by atoms with Gasteiger partial charge in [-0.25, -0.2) is 17.9 Å². The number of esters is 1. The highest BCUT2D eigenvalue weighted by atomic mass is 35.5. The molecule has 0 aromatic heterocycles. The van der Waals surface area contributed by atoms with E-state index in [0.717, 1.165) is 16.3 Å². The molecule has 7 heteroatoms. The molecular formula is C19H16ClNO4S. The molecule has 0 heterocycles. The number of rotatable bonds is 5. The lowest BCUT2D eigenvalue weighted by molar-refractivity contribution is 0.0600. The van der Waals surface area contributed by atoms with Gasteiger partial charge in [0.2, 0.25) is 10.0 Å². The number of fused-ring (bicyclic) bond motifs is 1. The Morgan fingerprint density at radius 2 is 1.81 bits per heavy atom. The first kappa shape index (κ1) is 18.4. The minimum Gasteiger partial charge on any atom is -0.465 e.